The lowest BCUT2D eigenvalue weighted by Gasteiger charge is -2.58. The second-order valence-corrected chi connectivity index (χ2v) is 29.7. The molecule has 3 N–H and O–H groups in total. The number of hydrogen-bond acceptors (Lipinski definition) is 7. The zero-order valence-corrected chi connectivity index (χ0v) is 51.9. The first-order valence-electron chi connectivity index (χ1n) is 31.2. The van der Waals surface area contributed by atoms with Crippen molar-refractivity contribution in [1.82, 2.24) is 16.0 Å². The molecule has 72 heavy (non-hydrogen) atoms. The van der Waals surface area contributed by atoms with Crippen molar-refractivity contribution in [2.24, 2.45) is 22.2 Å². The van der Waals surface area contributed by atoms with Crippen LogP contribution in [0.15, 0.2) is 0 Å². The number of thioether (sulfide) groups is 4. The van der Waals surface area contributed by atoms with Gasteiger partial charge < -0.3 is 16.0 Å². The van der Waals surface area contributed by atoms with Crippen LogP contribution in [0.3, 0.4) is 0 Å². The summed E-state index contributed by atoms with van der Waals surface area (Å²) in [5, 5.41) is 10.2. The van der Waals surface area contributed by atoms with E-state index in [1.54, 1.807) is 0 Å². The fraction of sp³-hybridized carbons (Fsp3) is 0.952. The summed E-state index contributed by atoms with van der Waals surface area (Å²) < 4.78 is 1.02. The summed E-state index contributed by atoms with van der Waals surface area (Å²) in [5.41, 5.74) is 0.487. The fourth-order valence-electron chi connectivity index (χ4n) is 12.4. The zero-order valence-electron chi connectivity index (χ0n) is 48.6. The van der Waals surface area contributed by atoms with Crippen molar-refractivity contribution < 1.29 is 14.4 Å². The van der Waals surface area contributed by atoms with Gasteiger partial charge in [0.1, 0.15) is 0 Å². The fourth-order valence-corrected chi connectivity index (χ4v) is 18.0. The van der Waals surface area contributed by atoms with Crippen molar-refractivity contribution in [2.45, 2.75) is 308 Å². The molecule has 2 aliphatic carbocycles. The van der Waals surface area contributed by atoms with E-state index in [-0.39, 0.29) is 34.0 Å². The molecule has 4 atom stereocenters. The van der Waals surface area contributed by atoms with Crippen molar-refractivity contribution in [3.63, 3.8) is 0 Å². The highest BCUT2D eigenvalue weighted by Gasteiger charge is 2.53. The molecular formula is C62H119N3O3S4. The molecule has 0 spiro atoms. The molecule has 3 amide bonds. The summed E-state index contributed by atoms with van der Waals surface area (Å²) in [6.45, 7) is 18.6. The molecule has 2 aliphatic rings. The quantitative estimate of drug-likeness (QED) is 0.0413. The van der Waals surface area contributed by atoms with Crippen LogP contribution in [-0.4, -0.2) is 69.5 Å². The van der Waals surface area contributed by atoms with Gasteiger partial charge >= 0.3 is 0 Å². The maximum Gasteiger partial charge on any atom is 0.220 e. The summed E-state index contributed by atoms with van der Waals surface area (Å²) in [5.74, 6) is 6.15. The second kappa shape index (κ2) is 43.8. The Balaban J connectivity index is 2.02. The lowest BCUT2D eigenvalue weighted by atomic mass is 9.47. The molecule has 6 nitrogen and oxygen atoms in total. The van der Waals surface area contributed by atoms with Gasteiger partial charge in [0.15, 0.2) is 0 Å². The molecule has 0 aromatic carbocycles. The molecular weight excluding hydrogens is 963 g/mol. The van der Waals surface area contributed by atoms with Crippen molar-refractivity contribution in [3.8, 4) is 0 Å². The number of carbonyl (C=O) groups excluding carboxylic acids is 3. The van der Waals surface area contributed by atoms with Crippen LogP contribution in [0.25, 0.3) is 0 Å². The summed E-state index contributed by atoms with van der Waals surface area (Å²) in [7, 11) is 0. The maximum atomic E-state index is 13.7. The van der Waals surface area contributed by atoms with E-state index in [4.69, 9.17) is 0 Å². The average molecular weight is 1080 g/mol. The Hall–Kier alpha value is -0.190. The lowest BCUT2D eigenvalue weighted by molar-refractivity contribution is -0.122. The van der Waals surface area contributed by atoms with Gasteiger partial charge in [0, 0.05) is 38.9 Å². The van der Waals surface area contributed by atoms with E-state index in [0.29, 0.717) is 34.3 Å². The number of carbonyl (C=O) groups is 3. The summed E-state index contributed by atoms with van der Waals surface area (Å²) in [4.78, 5) is 39.8. The first-order chi connectivity index (χ1) is 34.9. The zero-order chi connectivity index (χ0) is 52.4. The van der Waals surface area contributed by atoms with Crippen LogP contribution in [0.4, 0.5) is 0 Å². The van der Waals surface area contributed by atoms with E-state index in [2.05, 4.69) is 111 Å². The van der Waals surface area contributed by atoms with E-state index in [9.17, 15) is 14.4 Å². The van der Waals surface area contributed by atoms with Crippen LogP contribution in [-0.2, 0) is 14.4 Å². The second-order valence-electron chi connectivity index (χ2n) is 23.8. The largest absolute Gasteiger partial charge is 0.356 e. The van der Waals surface area contributed by atoms with E-state index < -0.39 is 0 Å². The van der Waals surface area contributed by atoms with Gasteiger partial charge in [-0.15, -0.1) is 47.0 Å². The number of rotatable bonds is 50. The molecule has 0 aromatic rings. The highest BCUT2D eigenvalue weighted by molar-refractivity contribution is 8.17. The van der Waals surface area contributed by atoms with Crippen LogP contribution < -0.4 is 16.0 Å². The topological polar surface area (TPSA) is 87.3 Å². The number of hydrogen-bond donors (Lipinski definition) is 3. The Labute approximate surface area is 465 Å². The molecule has 4 unspecified atom stereocenters. The number of nitrogens with one attached hydrogen (secondary N) is 3. The average Bonchev–Trinajstić information content (AvgIpc) is 3.34. The molecule has 2 bridgehead atoms. The van der Waals surface area contributed by atoms with Crippen LogP contribution >= 0.6 is 47.0 Å². The molecule has 2 fully saturated rings. The Morgan fingerprint density at radius 1 is 0.403 bits per heavy atom. The Bertz CT molecular complexity index is 1300. The van der Waals surface area contributed by atoms with E-state index in [1.807, 2.05) is 0 Å². The molecule has 10 heteroatoms. The van der Waals surface area contributed by atoms with Crippen molar-refractivity contribution in [3.05, 3.63) is 0 Å². The van der Waals surface area contributed by atoms with Gasteiger partial charge in [-0.1, -0.05) is 183 Å². The molecule has 2 rings (SSSR count). The third-order valence-electron chi connectivity index (χ3n) is 16.1. The standard InChI is InChI=1S/C62H119N3O3S4/c1-8-13-18-22-26-30-45-69-58(70-46-31-27-23-19-14-9-2)37-35-56(67)64-43-40-61(7)50-54-49-60(6,39-42-63-55(66)34-17-12-5)52-62(51-54,53-61)41-44-65-57(68)36-38-59(71-47-32-28-24-20-15-10-3)72-48-33-29-25-21-16-11-4/h54,58-59H,8-53H2,1-7H3,(H,63,66)(H,64,67)(H,65,68). The lowest BCUT2D eigenvalue weighted by Crippen LogP contribution is -2.50. The Morgan fingerprint density at radius 2 is 0.708 bits per heavy atom. The Kier molecular flexibility index (Phi) is 41.3. The first-order valence-corrected chi connectivity index (χ1v) is 35.4. The van der Waals surface area contributed by atoms with Gasteiger partial charge in [-0.05, 0) is 141 Å². The van der Waals surface area contributed by atoms with Crippen molar-refractivity contribution in [2.75, 3.05) is 42.6 Å². The smallest absolute Gasteiger partial charge is 0.220 e. The van der Waals surface area contributed by atoms with E-state index >= 15 is 0 Å². The van der Waals surface area contributed by atoms with Gasteiger partial charge in [-0.2, -0.15) is 0 Å². The predicted molar refractivity (Wildman–Crippen MR) is 327 cm³/mol. The molecule has 424 valence electrons. The van der Waals surface area contributed by atoms with E-state index in [1.165, 1.54) is 196 Å². The van der Waals surface area contributed by atoms with Crippen LogP contribution in [0, 0.1) is 22.2 Å². The summed E-state index contributed by atoms with van der Waals surface area (Å²) in [6.07, 6.45) is 46.9. The highest BCUT2D eigenvalue weighted by Crippen LogP contribution is 2.63. The first kappa shape index (κ1) is 67.9. The molecule has 0 saturated heterocycles. The normalized spacial score (nSPS) is 20.9. The van der Waals surface area contributed by atoms with Gasteiger partial charge in [-0.25, -0.2) is 0 Å². The molecule has 0 aliphatic heterocycles. The summed E-state index contributed by atoms with van der Waals surface area (Å²) >= 11 is 8.48. The minimum atomic E-state index is 0.157. The molecule has 2 saturated carbocycles. The van der Waals surface area contributed by atoms with Crippen molar-refractivity contribution >= 4 is 64.8 Å². The number of unbranched alkanes of at least 4 members (excludes halogenated alkanes) is 21. The third-order valence-corrected chi connectivity index (χ3v) is 22.3. The van der Waals surface area contributed by atoms with Crippen LogP contribution in [0.1, 0.15) is 299 Å². The SMILES string of the molecule is CCCCCCCCSC(CCC(=O)NCCC1(C)CC2CC(C)(CCNC(=O)CCCC)CC(CCNC(=O)CCC(SCCCCCCCC)SCCCCCCCC)(C2)C1)SCCCCCCCC. The number of fused-ring (bicyclic) bond motifs is 2. The molecule has 0 radical (unpaired) electrons. The monoisotopic (exact) mass is 1080 g/mol. The van der Waals surface area contributed by atoms with Crippen LogP contribution in [0.2, 0.25) is 0 Å². The predicted octanol–water partition coefficient (Wildman–Crippen LogP) is 18.9. The molecule has 0 heterocycles. The highest BCUT2D eigenvalue weighted by atomic mass is 32.2. The van der Waals surface area contributed by atoms with Crippen LogP contribution in [0.5, 0.6) is 0 Å². The van der Waals surface area contributed by atoms with Gasteiger partial charge in [0.05, 0.1) is 9.16 Å². The minimum absolute atomic E-state index is 0.157. The van der Waals surface area contributed by atoms with Gasteiger partial charge in [0.2, 0.25) is 17.7 Å². The molecule has 0 aromatic heterocycles. The number of amides is 3. The third kappa shape index (κ3) is 34.6. The minimum Gasteiger partial charge on any atom is -0.356 e. The Morgan fingerprint density at radius 3 is 1.06 bits per heavy atom. The van der Waals surface area contributed by atoms with Gasteiger partial charge in [-0.3, -0.25) is 14.4 Å². The maximum absolute atomic E-state index is 13.7. The summed E-state index contributed by atoms with van der Waals surface area (Å²) in [6, 6.07) is 0. The van der Waals surface area contributed by atoms with Crippen molar-refractivity contribution in [1.29, 1.82) is 0 Å². The van der Waals surface area contributed by atoms with E-state index in [0.717, 1.165) is 77.4 Å². The van der Waals surface area contributed by atoms with Gasteiger partial charge in [0.25, 0.3) is 0 Å².